The fourth-order valence-electron chi connectivity index (χ4n) is 4.16. The fraction of sp³-hybridized carbons (Fsp3) is 0.391. The third-order valence-electron chi connectivity index (χ3n) is 5.72. The van der Waals surface area contributed by atoms with Gasteiger partial charge in [-0.3, -0.25) is 4.79 Å². The average molecular weight is 412 g/mol. The predicted octanol–water partition coefficient (Wildman–Crippen LogP) is 4.87. The number of aromatic nitrogens is 2. The average Bonchev–Trinajstić information content (AvgIpc) is 3.39. The van der Waals surface area contributed by atoms with E-state index >= 15 is 0 Å². The number of nitrogens with one attached hydrogen (secondary N) is 1. The monoisotopic (exact) mass is 412 g/mol. The van der Waals surface area contributed by atoms with Gasteiger partial charge < -0.3 is 10.2 Å². The van der Waals surface area contributed by atoms with Crippen molar-refractivity contribution in [3.63, 3.8) is 0 Å². The molecule has 2 aromatic heterocycles. The molecule has 1 unspecified atom stereocenters. The molecule has 158 valence electrons. The van der Waals surface area contributed by atoms with E-state index in [0.29, 0.717) is 23.2 Å². The zero-order valence-electron chi connectivity index (χ0n) is 17.1. The van der Waals surface area contributed by atoms with Gasteiger partial charge in [0.2, 0.25) is 0 Å². The summed E-state index contributed by atoms with van der Waals surface area (Å²) in [6.07, 6.45) is 8.12. The molecule has 1 atom stereocenters. The lowest BCUT2D eigenvalue weighted by atomic mass is 10.0. The second kappa shape index (κ2) is 8.81. The molecule has 0 radical (unpaired) electrons. The van der Waals surface area contributed by atoms with Crippen molar-refractivity contribution >= 4 is 17.1 Å². The van der Waals surface area contributed by atoms with Gasteiger partial charge in [0, 0.05) is 30.5 Å². The summed E-state index contributed by atoms with van der Waals surface area (Å²) in [4.78, 5) is 14.7. The highest BCUT2D eigenvalue weighted by Gasteiger charge is 2.29. The molecule has 0 spiro atoms. The Morgan fingerprint density at radius 3 is 2.93 bits per heavy atom. The van der Waals surface area contributed by atoms with Gasteiger partial charge in [0.25, 0.3) is 5.91 Å². The molecule has 1 amide bonds. The van der Waals surface area contributed by atoms with E-state index < -0.39 is 11.6 Å². The van der Waals surface area contributed by atoms with Crippen LogP contribution in [-0.4, -0.2) is 28.6 Å². The number of unbranched alkanes of at least 4 members (excludes halogenated alkanes) is 2. The zero-order valence-corrected chi connectivity index (χ0v) is 17.1. The van der Waals surface area contributed by atoms with Crippen molar-refractivity contribution in [2.45, 2.75) is 45.1 Å². The molecule has 0 saturated carbocycles. The molecule has 1 aromatic carbocycles. The van der Waals surface area contributed by atoms with E-state index in [-0.39, 0.29) is 11.9 Å². The SMILES string of the molecule is CCCCCNC(=O)c1cnn2ccc(N3CCCC3c3cc(F)ccc3F)cc12. The normalized spacial score (nSPS) is 16.4. The van der Waals surface area contributed by atoms with Crippen LogP contribution in [0.4, 0.5) is 14.5 Å². The number of fused-ring (bicyclic) bond motifs is 1. The summed E-state index contributed by atoms with van der Waals surface area (Å²) in [6.45, 7) is 3.50. The Bertz CT molecular complexity index is 1050. The van der Waals surface area contributed by atoms with Gasteiger partial charge in [0.15, 0.2) is 0 Å². The summed E-state index contributed by atoms with van der Waals surface area (Å²) in [5.74, 6) is -0.982. The van der Waals surface area contributed by atoms with E-state index in [1.165, 1.54) is 12.1 Å². The van der Waals surface area contributed by atoms with Crippen LogP contribution in [0.15, 0.2) is 42.7 Å². The van der Waals surface area contributed by atoms with Crippen molar-refractivity contribution in [3.05, 3.63) is 65.5 Å². The van der Waals surface area contributed by atoms with E-state index in [1.54, 1.807) is 16.9 Å². The van der Waals surface area contributed by atoms with E-state index in [2.05, 4.69) is 22.2 Å². The molecular formula is C23H26F2N4O. The van der Waals surface area contributed by atoms with Gasteiger partial charge in [-0.05, 0) is 49.6 Å². The Hall–Kier alpha value is -2.96. The summed E-state index contributed by atoms with van der Waals surface area (Å²) in [6, 6.07) is 7.18. The zero-order chi connectivity index (χ0) is 21.1. The van der Waals surface area contributed by atoms with Crippen molar-refractivity contribution in [1.82, 2.24) is 14.9 Å². The number of benzene rings is 1. The number of pyridine rings is 1. The minimum absolute atomic E-state index is 0.146. The minimum Gasteiger partial charge on any atom is -0.364 e. The summed E-state index contributed by atoms with van der Waals surface area (Å²) < 4.78 is 29.8. The summed E-state index contributed by atoms with van der Waals surface area (Å²) in [5, 5.41) is 7.23. The minimum atomic E-state index is -0.438. The lowest BCUT2D eigenvalue weighted by Crippen LogP contribution is -2.25. The molecule has 30 heavy (non-hydrogen) atoms. The number of rotatable bonds is 7. The topological polar surface area (TPSA) is 49.6 Å². The molecular weight excluding hydrogens is 386 g/mol. The molecule has 1 saturated heterocycles. The van der Waals surface area contributed by atoms with Gasteiger partial charge in [0.1, 0.15) is 11.6 Å². The summed E-state index contributed by atoms with van der Waals surface area (Å²) >= 11 is 0. The van der Waals surface area contributed by atoms with Gasteiger partial charge in [0.05, 0.1) is 23.3 Å². The fourth-order valence-corrected chi connectivity index (χ4v) is 4.16. The maximum atomic E-state index is 14.4. The first-order valence-electron chi connectivity index (χ1n) is 10.6. The van der Waals surface area contributed by atoms with Crippen molar-refractivity contribution < 1.29 is 13.6 Å². The number of carbonyl (C=O) groups is 1. The third-order valence-corrected chi connectivity index (χ3v) is 5.72. The predicted molar refractivity (Wildman–Crippen MR) is 113 cm³/mol. The van der Waals surface area contributed by atoms with Crippen LogP contribution in [0.3, 0.4) is 0 Å². The first-order valence-corrected chi connectivity index (χ1v) is 10.6. The molecule has 3 heterocycles. The van der Waals surface area contributed by atoms with Crippen LogP contribution in [0.2, 0.25) is 0 Å². The van der Waals surface area contributed by atoms with Crippen molar-refractivity contribution in [1.29, 1.82) is 0 Å². The van der Waals surface area contributed by atoms with Gasteiger partial charge >= 0.3 is 0 Å². The van der Waals surface area contributed by atoms with Crippen molar-refractivity contribution in [2.24, 2.45) is 0 Å². The quantitative estimate of drug-likeness (QED) is 0.563. The third kappa shape index (κ3) is 4.01. The summed E-state index contributed by atoms with van der Waals surface area (Å²) in [7, 11) is 0. The largest absolute Gasteiger partial charge is 0.364 e. The van der Waals surface area contributed by atoms with Crippen LogP contribution < -0.4 is 10.2 Å². The van der Waals surface area contributed by atoms with Gasteiger partial charge in [-0.2, -0.15) is 5.10 Å². The number of amides is 1. The molecule has 5 nitrogen and oxygen atoms in total. The first-order chi connectivity index (χ1) is 14.6. The van der Waals surface area contributed by atoms with Crippen LogP contribution >= 0.6 is 0 Å². The lowest BCUT2D eigenvalue weighted by molar-refractivity contribution is 0.0954. The number of nitrogens with zero attached hydrogens (tertiary/aromatic N) is 3. The molecule has 7 heteroatoms. The highest BCUT2D eigenvalue weighted by molar-refractivity contribution is 6.01. The molecule has 4 rings (SSSR count). The number of anilines is 1. The molecule has 1 aliphatic rings. The molecule has 0 aliphatic carbocycles. The van der Waals surface area contributed by atoms with E-state index in [9.17, 15) is 13.6 Å². The second-order valence-electron chi connectivity index (χ2n) is 7.75. The molecule has 1 N–H and O–H groups in total. The Kier molecular flexibility index (Phi) is 5.97. The van der Waals surface area contributed by atoms with Crippen LogP contribution in [0.25, 0.3) is 5.52 Å². The van der Waals surface area contributed by atoms with Crippen LogP contribution in [0, 0.1) is 11.6 Å². The Morgan fingerprint density at radius 2 is 2.10 bits per heavy atom. The maximum absolute atomic E-state index is 14.4. The van der Waals surface area contributed by atoms with E-state index in [0.717, 1.165) is 50.4 Å². The summed E-state index contributed by atoms with van der Waals surface area (Å²) in [5.41, 5.74) is 2.45. The highest BCUT2D eigenvalue weighted by Crippen LogP contribution is 2.38. The Labute approximate surface area is 174 Å². The molecule has 0 bridgehead atoms. The van der Waals surface area contributed by atoms with Crippen molar-refractivity contribution in [2.75, 3.05) is 18.0 Å². The van der Waals surface area contributed by atoms with E-state index in [1.807, 2.05) is 12.1 Å². The first kappa shape index (κ1) is 20.3. The highest BCUT2D eigenvalue weighted by atomic mass is 19.1. The van der Waals surface area contributed by atoms with E-state index in [4.69, 9.17) is 0 Å². The van der Waals surface area contributed by atoms with Crippen LogP contribution in [0.5, 0.6) is 0 Å². The standard InChI is InChI=1S/C23H26F2N4O/c1-2-3-4-10-26-23(30)19-15-27-29-12-9-17(14-22(19)29)28-11-5-6-21(28)18-13-16(24)7-8-20(18)25/h7-9,12-15,21H,2-6,10-11H2,1H3,(H,26,30). The smallest absolute Gasteiger partial charge is 0.255 e. The number of carbonyl (C=O) groups excluding carboxylic acids is 1. The number of hydrogen-bond donors (Lipinski definition) is 1. The maximum Gasteiger partial charge on any atom is 0.255 e. The van der Waals surface area contributed by atoms with Gasteiger partial charge in [-0.1, -0.05) is 19.8 Å². The van der Waals surface area contributed by atoms with Crippen LogP contribution in [-0.2, 0) is 0 Å². The lowest BCUT2D eigenvalue weighted by Gasteiger charge is -2.27. The molecule has 1 aliphatic heterocycles. The Morgan fingerprint density at radius 1 is 1.23 bits per heavy atom. The number of halogens is 2. The van der Waals surface area contributed by atoms with Crippen molar-refractivity contribution in [3.8, 4) is 0 Å². The molecule has 1 fully saturated rings. The Balaban J connectivity index is 1.61. The van der Waals surface area contributed by atoms with Crippen LogP contribution in [0.1, 0.15) is 61.0 Å². The van der Waals surface area contributed by atoms with Gasteiger partial charge in [-0.25, -0.2) is 13.3 Å². The number of hydrogen-bond acceptors (Lipinski definition) is 3. The second-order valence-corrected chi connectivity index (χ2v) is 7.75. The van der Waals surface area contributed by atoms with Gasteiger partial charge in [-0.15, -0.1) is 0 Å². The molecule has 3 aromatic rings.